The molecule has 2 heterocycles. The summed E-state index contributed by atoms with van der Waals surface area (Å²) in [5.74, 6) is -0.0916. The smallest absolute Gasteiger partial charge is 0.257 e. The van der Waals surface area contributed by atoms with Crippen LogP contribution in [0.1, 0.15) is 17.3 Å². The molecule has 1 fully saturated rings. The summed E-state index contributed by atoms with van der Waals surface area (Å²) in [5.41, 5.74) is 1.29. The number of nitrogens with one attached hydrogen (secondary N) is 1. The van der Waals surface area contributed by atoms with Gasteiger partial charge in [0.15, 0.2) is 0 Å². The SMILES string of the molecule is CNc1ccncc1C(=O)N1CC(C)OC(CO)C1. The minimum atomic E-state index is -0.317. The summed E-state index contributed by atoms with van der Waals surface area (Å²) in [4.78, 5) is 18.2. The van der Waals surface area contributed by atoms with E-state index in [1.807, 2.05) is 6.92 Å². The first-order chi connectivity index (χ1) is 9.15. The molecule has 6 nitrogen and oxygen atoms in total. The van der Waals surface area contributed by atoms with E-state index in [4.69, 9.17) is 4.74 Å². The minimum Gasteiger partial charge on any atom is -0.394 e. The Kier molecular flexibility index (Phi) is 4.34. The molecule has 2 rings (SSSR count). The van der Waals surface area contributed by atoms with Gasteiger partial charge in [-0.25, -0.2) is 0 Å². The number of anilines is 1. The Balaban J connectivity index is 2.18. The third kappa shape index (κ3) is 3.02. The lowest BCUT2D eigenvalue weighted by atomic mass is 10.1. The lowest BCUT2D eigenvalue weighted by Gasteiger charge is -2.36. The van der Waals surface area contributed by atoms with Crippen molar-refractivity contribution >= 4 is 11.6 Å². The van der Waals surface area contributed by atoms with Gasteiger partial charge in [0.2, 0.25) is 0 Å². The van der Waals surface area contributed by atoms with E-state index < -0.39 is 0 Å². The van der Waals surface area contributed by atoms with E-state index >= 15 is 0 Å². The molecule has 1 aliphatic heterocycles. The first kappa shape index (κ1) is 13.8. The Morgan fingerprint density at radius 1 is 1.63 bits per heavy atom. The fourth-order valence-corrected chi connectivity index (χ4v) is 2.27. The number of carbonyl (C=O) groups excluding carboxylic acids is 1. The van der Waals surface area contributed by atoms with Gasteiger partial charge in [-0.15, -0.1) is 0 Å². The van der Waals surface area contributed by atoms with Gasteiger partial charge >= 0.3 is 0 Å². The van der Waals surface area contributed by atoms with E-state index in [1.54, 1.807) is 30.4 Å². The molecule has 1 aliphatic rings. The highest BCUT2D eigenvalue weighted by Crippen LogP contribution is 2.19. The van der Waals surface area contributed by atoms with Crippen LogP contribution in [0.5, 0.6) is 0 Å². The summed E-state index contributed by atoms with van der Waals surface area (Å²) < 4.78 is 5.53. The second-order valence-electron chi connectivity index (χ2n) is 4.63. The van der Waals surface area contributed by atoms with Crippen LogP contribution in [0.2, 0.25) is 0 Å². The molecule has 1 amide bonds. The van der Waals surface area contributed by atoms with Crippen LogP contribution in [0.15, 0.2) is 18.5 Å². The Morgan fingerprint density at radius 2 is 2.42 bits per heavy atom. The highest BCUT2D eigenvalue weighted by Gasteiger charge is 2.29. The van der Waals surface area contributed by atoms with E-state index in [2.05, 4.69) is 10.3 Å². The molecular weight excluding hydrogens is 246 g/mol. The van der Waals surface area contributed by atoms with Crippen LogP contribution < -0.4 is 5.32 Å². The maximum Gasteiger partial charge on any atom is 0.257 e. The molecule has 104 valence electrons. The summed E-state index contributed by atoms with van der Waals surface area (Å²) in [6.45, 7) is 2.73. The van der Waals surface area contributed by atoms with Crippen LogP contribution in [-0.2, 0) is 4.74 Å². The van der Waals surface area contributed by atoms with Crippen molar-refractivity contribution in [1.29, 1.82) is 0 Å². The predicted octanol–water partition coefficient (Wildman–Crippen LogP) is 0.345. The lowest BCUT2D eigenvalue weighted by Crippen LogP contribution is -2.50. The maximum atomic E-state index is 12.5. The summed E-state index contributed by atoms with van der Waals surface area (Å²) >= 11 is 0. The Morgan fingerprint density at radius 3 is 3.11 bits per heavy atom. The zero-order valence-corrected chi connectivity index (χ0v) is 11.2. The van der Waals surface area contributed by atoms with Crippen LogP contribution in [-0.4, -0.2) is 59.8 Å². The van der Waals surface area contributed by atoms with Crippen LogP contribution in [0.3, 0.4) is 0 Å². The number of nitrogens with zero attached hydrogens (tertiary/aromatic N) is 2. The number of aliphatic hydroxyl groups excluding tert-OH is 1. The van der Waals surface area contributed by atoms with Gasteiger partial charge in [-0.1, -0.05) is 0 Å². The average Bonchev–Trinajstić information content (AvgIpc) is 2.45. The third-order valence-corrected chi connectivity index (χ3v) is 3.14. The van der Waals surface area contributed by atoms with Crippen LogP contribution >= 0.6 is 0 Å². The van der Waals surface area contributed by atoms with Crippen molar-refractivity contribution in [3.8, 4) is 0 Å². The van der Waals surface area contributed by atoms with Crippen molar-refractivity contribution < 1.29 is 14.6 Å². The van der Waals surface area contributed by atoms with Crippen molar-refractivity contribution in [2.45, 2.75) is 19.1 Å². The van der Waals surface area contributed by atoms with Gasteiger partial charge in [-0.3, -0.25) is 9.78 Å². The van der Waals surface area contributed by atoms with Crippen LogP contribution in [0.25, 0.3) is 0 Å². The number of hydrogen-bond acceptors (Lipinski definition) is 5. The van der Waals surface area contributed by atoms with E-state index in [0.717, 1.165) is 5.69 Å². The average molecular weight is 265 g/mol. The van der Waals surface area contributed by atoms with Gasteiger partial charge in [0.25, 0.3) is 5.91 Å². The zero-order valence-electron chi connectivity index (χ0n) is 11.2. The molecule has 2 unspecified atom stereocenters. The molecule has 1 aromatic heterocycles. The molecule has 0 saturated carbocycles. The Hall–Kier alpha value is -1.66. The quantitative estimate of drug-likeness (QED) is 0.824. The van der Waals surface area contributed by atoms with E-state index in [1.165, 1.54) is 0 Å². The van der Waals surface area contributed by atoms with E-state index in [0.29, 0.717) is 18.7 Å². The minimum absolute atomic E-state index is 0.0791. The molecule has 2 N–H and O–H groups in total. The van der Waals surface area contributed by atoms with Crippen molar-refractivity contribution in [3.63, 3.8) is 0 Å². The topological polar surface area (TPSA) is 74.7 Å². The fraction of sp³-hybridized carbons (Fsp3) is 0.538. The van der Waals surface area contributed by atoms with Crippen molar-refractivity contribution in [1.82, 2.24) is 9.88 Å². The van der Waals surface area contributed by atoms with Crippen molar-refractivity contribution in [2.24, 2.45) is 0 Å². The molecule has 1 aromatic rings. The van der Waals surface area contributed by atoms with Gasteiger partial charge in [0.1, 0.15) is 0 Å². The molecule has 0 spiro atoms. The number of morpholine rings is 1. The van der Waals surface area contributed by atoms with Gasteiger partial charge in [-0.05, 0) is 13.0 Å². The highest BCUT2D eigenvalue weighted by atomic mass is 16.5. The van der Waals surface area contributed by atoms with Crippen molar-refractivity contribution in [3.05, 3.63) is 24.0 Å². The number of amides is 1. The van der Waals surface area contributed by atoms with E-state index in [9.17, 15) is 9.90 Å². The first-order valence-electron chi connectivity index (χ1n) is 6.33. The molecule has 0 bridgehead atoms. The molecular formula is C13H19N3O3. The molecule has 0 aliphatic carbocycles. The molecule has 0 aromatic carbocycles. The van der Waals surface area contributed by atoms with E-state index in [-0.39, 0.29) is 24.7 Å². The highest BCUT2D eigenvalue weighted by molar-refractivity contribution is 5.99. The monoisotopic (exact) mass is 265 g/mol. The van der Waals surface area contributed by atoms with Gasteiger partial charge in [0, 0.05) is 38.2 Å². The van der Waals surface area contributed by atoms with Gasteiger partial charge < -0.3 is 20.1 Å². The second kappa shape index (κ2) is 5.99. The number of aromatic nitrogens is 1. The maximum absolute atomic E-state index is 12.5. The second-order valence-corrected chi connectivity index (χ2v) is 4.63. The zero-order chi connectivity index (χ0) is 13.8. The molecule has 6 heteroatoms. The Labute approximate surface area is 112 Å². The normalized spacial score (nSPS) is 23.2. The van der Waals surface area contributed by atoms with Crippen molar-refractivity contribution in [2.75, 3.05) is 32.1 Å². The fourth-order valence-electron chi connectivity index (χ4n) is 2.27. The van der Waals surface area contributed by atoms with Gasteiger partial charge in [-0.2, -0.15) is 0 Å². The Bertz CT molecular complexity index is 453. The van der Waals surface area contributed by atoms with Crippen LogP contribution in [0.4, 0.5) is 5.69 Å². The standard InChI is InChI=1S/C13H19N3O3/c1-9-6-16(7-10(8-17)19-9)13(18)11-5-15-4-3-12(11)14-2/h3-5,9-10,17H,6-8H2,1-2H3,(H,14,15). The number of ether oxygens (including phenoxy) is 1. The van der Waals surface area contributed by atoms with Crippen LogP contribution in [0, 0.1) is 0 Å². The molecule has 19 heavy (non-hydrogen) atoms. The first-order valence-corrected chi connectivity index (χ1v) is 6.33. The molecule has 2 atom stereocenters. The summed E-state index contributed by atoms with van der Waals surface area (Å²) in [5, 5.41) is 12.2. The summed E-state index contributed by atoms with van der Waals surface area (Å²) in [6.07, 6.45) is 2.80. The van der Waals surface area contributed by atoms with Gasteiger partial charge in [0.05, 0.1) is 24.4 Å². The number of carbonyl (C=O) groups is 1. The lowest BCUT2D eigenvalue weighted by molar-refractivity contribution is -0.0858. The largest absolute Gasteiger partial charge is 0.394 e. The molecule has 0 radical (unpaired) electrons. The number of aliphatic hydroxyl groups is 1. The predicted molar refractivity (Wildman–Crippen MR) is 71.1 cm³/mol. The number of pyridine rings is 1. The third-order valence-electron chi connectivity index (χ3n) is 3.14. The molecule has 1 saturated heterocycles. The number of hydrogen-bond donors (Lipinski definition) is 2. The summed E-state index contributed by atoms with van der Waals surface area (Å²) in [7, 11) is 1.77. The summed E-state index contributed by atoms with van der Waals surface area (Å²) in [6, 6.07) is 1.76. The number of rotatable bonds is 3.